The molecule has 0 atom stereocenters. The van der Waals surface area contributed by atoms with Gasteiger partial charge in [0.05, 0.1) is 10.5 Å². The Balaban J connectivity index is 3.30. The maximum Gasteiger partial charge on any atom is 0.294 e. The van der Waals surface area contributed by atoms with Crippen molar-refractivity contribution in [3.05, 3.63) is 45.4 Å². The summed E-state index contributed by atoms with van der Waals surface area (Å²) >= 11 is 0. The molecule has 8 heteroatoms. The molecule has 0 aliphatic rings. The first kappa shape index (κ1) is 13.6. The van der Waals surface area contributed by atoms with E-state index in [4.69, 9.17) is 15.8 Å². The Hall–Kier alpha value is -3.44. The summed E-state index contributed by atoms with van der Waals surface area (Å²) in [5.74, 6) is -0.945. The highest BCUT2D eigenvalue weighted by molar-refractivity contribution is 5.66. The summed E-state index contributed by atoms with van der Waals surface area (Å²) in [4.78, 5) is 9.96. The van der Waals surface area contributed by atoms with Crippen LogP contribution in [0.3, 0.4) is 0 Å². The second-order valence-electron chi connectivity index (χ2n) is 3.14. The molecule has 1 N–H and O–H groups in total. The van der Waals surface area contributed by atoms with Crippen LogP contribution >= 0.6 is 0 Å². The zero-order chi connectivity index (χ0) is 14.4. The molecule has 0 spiro atoms. The Labute approximate surface area is 106 Å². The first-order valence-corrected chi connectivity index (χ1v) is 4.68. The molecule has 7 nitrogen and oxygen atoms in total. The maximum absolute atomic E-state index is 13.3. The number of halogens is 1. The lowest BCUT2D eigenvalue weighted by Gasteiger charge is -2.03. The number of nitro groups is 1. The summed E-state index contributed by atoms with van der Waals surface area (Å²) in [5, 5.41) is 38.6. The van der Waals surface area contributed by atoms with Gasteiger partial charge in [0.1, 0.15) is 35.3 Å². The smallest absolute Gasteiger partial charge is 0.294 e. The van der Waals surface area contributed by atoms with Crippen molar-refractivity contribution in [3.63, 3.8) is 0 Å². The second kappa shape index (κ2) is 5.76. The van der Waals surface area contributed by atoms with Crippen molar-refractivity contribution < 1.29 is 9.31 Å². The molecule has 0 bridgehead atoms. The van der Waals surface area contributed by atoms with E-state index in [0.717, 1.165) is 18.3 Å². The maximum atomic E-state index is 13.3. The number of anilines is 1. The normalized spacial score (nSPS) is 8.53. The number of benzene rings is 1. The monoisotopic (exact) mass is 257 g/mol. The average Bonchev–Trinajstić information content (AvgIpc) is 2.39. The van der Waals surface area contributed by atoms with E-state index in [1.807, 2.05) is 0 Å². The van der Waals surface area contributed by atoms with Gasteiger partial charge in [-0.05, 0) is 0 Å². The fourth-order valence-corrected chi connectivity index (χ4v) is 1.15. The quantitative estimate of drug-likeness (QED) is 0.500. The average molecular weight is 257 g/mol. The molecule has 0 aliphatic carbocycles. The fourth-order valence-electron chi connectivity index (χ4n) is 1.15. The molecule has 92 valence electrons. The Morgan fingerprint density at radius 3 is 2.47 bits per heavy atom. The lowest BCUT2D eigenvalue weighted by Crippen LogP contribution is -1.99. The molecular weight excluding hydrogens is 253 g/mol. The largest absolute Gasteiger partial charge is 0.354 e. The van der Waals surface area contributed by atoms with Crippen molar-refractivity contribution in [3.8, 4) is 18.2 Å². The van der Waals surface area contributed by atoms with Crippen LogP contribution in [0.4, 0.5) is 15.8 Å². The van der Waals surface area contributed by atoms with Gasteiger partial charge in [-0.1, -0.05) is 0 Å². The van der Waals surface area contributed by atoms with Crippen LogP contribution in [0.25, 0.3) is 0 Å². The SMILES string of the molecule is N#CC(C#N)=CNc1cc(F)c(C#N)cc1[N+](=O)[O-]. The zero-order valence-electron chi connectivity index (χ0n) is 9.22. The van der Waals surface area contributed by atoms with E-state index >= 15 is 0 Å². The van der Waals surface area contributed by atoms with Crippen LogP contribution in [-0.4, -0.2) is 4.92 Å². The van der Waals surface area contributed by atoms with Gasteiger partial charge in [0.2, 0.25) is 0 Å². The Morgan fingerprint density at radius 2 is 2.00 bits per heavy atom. The number of nitrogens with one attached hydrogen (secondary N) is 1. The number of nitriles is 3. The number of nitrogens with zero attached hydrogens (tertiary/aromatic N) is 4. The molecule has 0 amide bonds. The molecule has 0 aromatic heterocycles. The van der Waals surface area contributed by atoms with E-state index in [1.165, 1.54) is 18.2 Å². The van der Waals surface area contributed by atoms with Crippen molar-refractivity contribution in [2.45, 2.75) is 0 Å². The van der Waals surface area contributed by atoms with E-state index in [-0.39, 0.29) is 11.3 Å². The van der Waals surface area contributed by atoms with Crippen molar-refractivity contribution >= 4 is 11.4 Å². The number of rotatable bonds is 3. The van der Waals surface area contributed by atoms with Gasteiger partial charge in [0, 0.05) is 18.3 Å². The molecule has 0 aliphatic heterocycles. The highest BCUT2D eigenvalue weighted by Crippen LogP contribution is 2.27. The van der Waals surface area contributed by atoms with Crippen molar-refractivity contribution in [2.75, 3.05) is 5.32 Å². The van der Waals surface area contributed by atoms with Gasteiger partial charge < -0.3 is 5.32 Å². The molecule has 1 rings (SSSR count). The van der Waals surface area contributed by atoms with E-state index in [0.29, 0.717) is 0 Å². The van der Waals surface area contributed by atoms with Gasteiger partial charge in [-0.3, -0.25) is 10.1 Å². The molecular formula is C11H4FN5O2. The summed E-state index contributed by atoms with van der Waals surface area (Å²) in [6.45, 7) is 0. The summed E-state index contributed by atoms with van der Waals surface area (Å²) < 4.78 is 13.3. The van der Waals surface area contributed by atoms with Crippen molar-refractivity contribution in [1.82, 2.24) is 0 Å². The first-order chi connectivity index (χ1) is 9.03. The highest BCUT2D eigenvalue weighted by atomic mass is 19.1. The molecule has 0 radical (unpaired) electrons. The Bertz CT molecular complexity index is 675. The van der Waals surface area contributed by atoms with Gasteiger partial charge >= 0.3 is 0 Å². The number of hydrogen-bond acceptors (Lipinski definition) is 6. The second-order valence-corrected chi connectivity index (χ2v) is 3.14. The highest BCUT2D eigenvalue weighted by Gasteiger charge is 2.17. The summed E-state index contributed by atoms with van der Waals surface area (Å²) in [6.07, 6.45) is 0.911. The van der Waals surface area contributed by atoms with E-state index in [1.54, 1.807) is 0 Å². The fraction of sp³-hybridized carbons (Fsp3) is 0. The minimum atomic E-state index is -0.945. The topological polar surface area (TPSA) is 127 Å². The molecule has 19 heavy (non-hydrogen) atoms. The van der Waals surface area contributed by atoms with Crippen LogP contribution in [0.5, 0.6) is 0 Å². The van der Waals surface area contributed by atoms with E-state index in [2.05, 4.69) is 5.32 Å². The third-order valence-corrected chi connectivity index (χ3v) is 2.02. The molecule has 0 unspecified atom stereocenters. The minimum absolute atomic E-state index is 0.260. The van der Waals surface area contributed by atoms with Crippen LogP contribution in [-0.2, 0) is 0 Å². The summed E-state index contributed by atoms with van der Waals surface area (Å²) in [6, 6.07) is 6.05. The van der Waals surface area contributed by atoms with E-state index < -0.39 is 22.0 Å². The summed E-state index contributed by atoms with van der Waals surface area (Å²) in [7, 11) is 0. The molecule has 0 saturated carbocycles. The van der Waals surface area contributed by atoms with Crippen LogP contribution in [0, 0.1) is 49.9 Å². The van der Waals surface area contributed by atoms with Crippen LogP contribution < -0.4 is 5.32 Å². The van der Waals surface area contributed by atoms with Gasteiger partial charge in [-0.15, -0.1) is 0 Å². The Kier molecular flexibility index (Phi) is 4.13. The van der Waals surface area contributed by atoms with Gasteiger partial charge in [-0.2, -0.15) is 15.8 Å². The standard InChI is InChI=1S/C11H4FN5O2/c12-9-2-10(16-6-7(3-13)4-14)11(17(18)19)1-8(9)5-15/h1-2,6,16H. The van der Waals surface area contributed by atoms with Crippen LogP contribution in [0.15, 0.2) is 23.9 Å². The van der Waals surface area contributed by atoms with Crippen molar-refractivity contribution in [1.29, 1.82) is 15.8 Å². The van der Waals surface area contributed by atoms with E-state index in [9.17, 15) is 14.5 Å². The predicted octanol–water partition coefficient (Wildman–Crippen LogP) is 1.95. The predicted molar refractivity (Wildman–Crippen MR) is 60.7 cm³/mol. The summed E-state index contributed by atoms with van der Waals surface area (Å²) in [5.41, 5.74) is -1.60. The minimum Gasteiger partial charge on any atom is -0.354 e. The molecule has 1 aromatic rings. The lowest BCUT2D eigenvalue weighted by molar-refractivity contribution is -0.384. The van der Waals surface area contributed by atoms with Gasteiger partial charge in [0.25, 0.3) is 5.69 Å². The van der Waals surface area contributed by atoms with Crippen LogP contribution in [0.1, 0.15) is 5.56 Å². The Morgan fingerprint density at radius 1 is 1.37 bits per heavy atom. The number of nitro benzene ring substituents is 1. The number of hydrogen-bond donors (Lipinski definition) is 1. The van der Waals surface area contributed by atoms with Crippen LogP contribution in [0.2, 0.25) is 0 Å². The third-order valence-electron chi connectivity index (χ3n) is 2.02. The molecule has 0 saturated heterocycles. The van der Waals surface area contributed by atoms with Crippen molar-refractivity contribution in [2.24, 2.45) is 0 Å². The molecule has 0 fully saturated rings. The molecule has 1 aromatic carbocycles. The van der Waals surface area contributed by atoms with Gasteiger partial charge in [-0.25, -0.2) is 4.39 Å². The van der Waals surface area contributed by atoms with Gasteiger partial charge in [0.15, 0.2) is 0 Å². The molecule has 0 heterocycles. The third kappa shape index (κ3) is 3.02. The first-order valence-electron chi connectivity index (χ1n) is 4.68. The zero-order valence-corrected chi connectivity index (χ0v) is 9.22. The number of allylic oxidation sites excluding steroid dienone is 1. The lowest BCUT2D eigenvalue weighted by atomic mass is 10.1.